The molecule has 1 aliphatic rings. The molecule has 0 aromatic carbocycles. The van der Waals surface area contributed by atoms with E-state index >= 15 is 0 Å². The Bertz CT molecular complexity index is 279. The lowest BCUT2D eigenvalue weighted by atomic mass is 10.1. The van der Waals surface area contributed by atoms with Gasteiger partial charge in [0.1, 0.15) is 5.82 Å². The van der Waals surface area contributed by atoms with E-state index in [4.69, 9.17) is 4.74 Å². The molecule has 0 radical (unpaired) electrons. The van der Waals surface area contributed by atoms with Crippen molar-refractivity contribution in [1.29, 1.82) is 0 Å². The van der Waals surface area contributed by atoms with Crippen LogP contribution in [0.1, 0.15) is 18.7 Å². The predicted molar refractivity (Wildman–Crippen MR) is 53.9 cm³/mol. The molecule has 1 aromatic heterocycles. The van der Waals surface area contributed by atoms with Gasteiger partial charge in [-0.3, -0.25) is 0 Å². The van der Waals surface area contributed by atoms with Crippen LogP contribution in [0.15, 0.2) is 12.4 Å². The summed E-state index contributed by atoms with van der Waals surface area (Å²) in [6.07, 6.45) is 6.04. The van der Waals surface area contributed by atoms with Gasteiger partial charge < -0.3 is 14.6 Å². The minimum Gasteiger partial charge on any atom is -0.381 e. The Labute approximate surface area is 84.3 Å². The average Bonchev–Trinajstić information content (AvgIpc) is 2.63. The van der Waals surface area contributed by atoms with Crippen molar-refractivity contribution < 1.29 is 4.74 Å². The Morgan fingerprint density at radius 1 is 1.57 bits per heavy atom. The smallest absolute Gasteiger partial charge is 0.122 e. The van der Waals surface area contributed by atoms with Crippen LogP contribution in [0, 0.1) is 0 Å². The van der Waals surface area contributed by atoms with E-state index in [9.17, 15) is 0 Å². The van der Waals surface area contributed by atoms with Crippen molar-refractivity contribution in [2.45, 2.75) is 25.4 Å². The maximum atomic E-state index is 5.30. The van der Waals surface area contributed by atoms with Crippen molar-refractivity contribution in [3.63, 3.8) is 0 Å². The SMILES string of the molecule is Cn1ccnc1CNC1CCOCC1. The van der Waals surface area contributed by atoms with E-state index in [1.807, 2.05) is 24.0 Å². The van der Waals surface area contributed by atoms with Gasteiger partial charge in [0.15, 0.2) is 0 Å². The zero-order valence-corrected chi connectivity index (χ0v) is 8.57. The number of ether oxygens (including phenoxy) is 1. The van der Waals surface area contributed by atoms with Crippen LogP contribution in [-0.2, 0) is 18.3 Å². The monoisotopic (exact) mass is 195 g/mol. The second-order valence-corrected chi connectivity index (χ2v) is 3.72. The van der Waals surface area contributed by atoms with Crippen molar-refractivity contribution in [3.8, 4) is 0 Å². The quantitative estimate of drug-likeness (QED) is 0.771. The summed E-state index contributed by atoms with van der Waals surface area (Å²) in [4.78, 5) is 4.27. The largest absolute Gasteiger partial charge is 0.381 e. The van der Waals surface area contributed by atoms with Crippen molar-refractivity contribution in [3.05, 3.63) is 18.2 Å². The lowest BCUT2D eigenvalue weighted by molar-refractivity contribution is 0.0773. The van der Waals surface area contributed by atoms with Crippen LogP contribution in [0.2, 0.25) is 0 Å². The predicted octanol–water partition coefficient (Wildman–Crippen LogP) is 0.689. The molecule has 0 unspecified atom stereocenters. The standard InChI is InChI=1S/C10H17N3O/c1-13-5-4-11-10(13)8-12-9-2-6-14-7-3-9/h4-5,9,12H,2-3,6-8H2,1H3. The Kier molecular flexibility index (Phi) is 3.16. The minimum absolute atomic E-state index is 0.598. The molecule has 0 spiro atoms. The van der Waals surface area contributed by atoms with Gasteiger partial charge in [0.2, 0.25) is 0 Å². The van der Waals surface area contributed by atoms with Crippen molar-refractivity contribution in [1.82, 2.24) is 14.9 Å². The number of aromatic nitrogens is 2. The number of imidazole rings is 1. The molecule has 4 heteroatoms. The van der Waals surface area contributed by atoms with Gasteiger partial charge in [-0.25, -0.2) is 4.98 Å². The molecule has 78 valence electrons. The van der Waals surface area contributed by atoms with Crippen molar-refractivity contribution in [2.75, 3.05) is 13.2 Å². The van der Waals surface area contributed by atoms with Crippen LogP contribution in [0.3, 0.4) is 0 Å². The Morgan fingerprint density at radius 3 is 3.00 bits per heavy atom. The third-order valence-electron chi connectivity index (χ3n) is 2.69. The van der Waals surface area contributed by atoms with E-state index in [0.29, 0.717) is 6.04 Å². The van der Waals surface area contributed by atoms with Gasteiger partial charge in [0.05, 0.1) is 6.54 Å². The van der Waals surface area contributed by atoms with Gasteiger partial charge in [0, 0.05) is 38.7 Å². The first-order chi connectivity index (χ1) is 6.86. The fourth-order valence-corrected chi connectivity index (χ4v) is 1.70. The maximum absolute atomic E-state index is 5.30. The molecule has 1 fully saturated rings. The first-order valence-corrected chi connectivity index (χ1v) is 5.13. The highest BCUT2D eigenvalue weighted by Crippen LogP contribution is 2.06. The van der Waals surface area contributed by atoms with E-state index < -0.39 is 0 Å². The van der Waals surface area contributed by atoms with Crippen LogP contribution in [0.4, 0.5) is 0 Å². The first-order valence-electron chi connectivity index (χ1n) is 5.13. The summed E-state index contributed by atoms with van der Waals surface area (Å²) in [6.45, 7) is 2.63. The Hall–Kier alpha value is -0.870. The fraction of sp³-hybridized carbons (Fsp3) is 0.700. The maximum Gasteiger partial charge on any atom is 0.122 e. The van der Waals surface area contributed by atoms with E-state index in [0.717, 1.165) is 38.4 Å². The lowest BCUT2D eigenvalue weighted by Gasteiger charge is -2.22. The lowest BCUT2D eigenvalue weighted by Crippen LogP contribution is -2.34. The molecule has 0 saturated carbocycles. The molecular weight excluding hydrogens is 178 g/mol. The summed E-state index contributed by atoms with van der Waals surface area (Å²) in [6, 6.07) is 0.598. The number of hydrogen-bond donors (Lipinski definition) is 1. The molecule has 0 amide bonds. The molecule has 0 atom stereocenters. The molecule has 1 aliphatic heterocycles. The fourth-order valence-electron chi connectivity index (χ4n) is 1.70. The summed E-state index contributed by atoms with van der Waals surface area (Å²) in [7, 11) is 2.02. The average molecular weight is 195 g/mol. The van der Waals surface area contributed by atoms with E-state index in [-0.39, 0.29) is 0 Å². The van der Waals surface area contributed by atoms with Gasteiger partial charge >= 0.3 is 0 Å². The number of hydrogen-bond acceptors (Lipinski definition) is 3. The second-order valence-electron chi connectivity index (χ2n) is 3.72. The number of rotatable bonds is 3. The van der Waals surface area contributed by atoms with Crippen molar-refractivity contribution >= 4 is 0 Å². The molecular formula is C10H17N3O. The van der Waals surface area contributed by atoms with Crippen LogP contribution in [-0.4, -0.2) is 28.8 Å². The van der Waals surface area contributed by atoms with Crippen LogP contribution in [0.25, 0.3) is 0 Å². The summed E-state index contributed by atoms with van der Waals surface area (Å²) in [5.74, 6) is 1.09. The van der Waals surface area contributed by atoms with Crippen molar-refractivity contribution in [2.24, 2.45) is 7.05 Å². The Balaban J connectivity index is 1.79. The van der Waals surface area contributed by atoms with Gasteiger partial charge in [-0.15, -0.1) is 0 Å². The molecule has 2 rings (SSSR count). The van der Waals surface area contributed by atoms with Gasteiger partial charge in [-0.2, -0.15) is 0 Å². The van der Waals surface area contributed by atoms with Crippen LogP contribution in [0.5, 0.6) is 0 Å². The summed E-state index contributed by atoms with van der Waals surface area (Å²) in [5, 5.41) is 3.50. The second kappa shape index (κ2) is 4.57. The van der Waals surface area contributed by atoms with Gasteiger partial charge in [-0.1, -0.05) is 0 Å². The highest BCUT2D eigenvalue weighted by molar-refractivity contribution is 4.91. The molecule has 0 aliphatic carbocycles. The molecule has 4 nitrogen and oxygen atoms in total. The highest BCUT2D eigenvalue weighted by atomic mass is 16.5. The normalized spacial score (nSPS) is 18.6. The topological polar surface area (TPSA) is 39.1 Å². The number of nitrogens with zero attached hydrogens (tertiary/aromatic N) is 2. The zero-order valence-electron chi connectivity index (χ0n) is 8.57. The van der Waals surface area contributed by atoms with Crippen LogP contribution >= 0.6 is 0 Å². The molecule has 0 bridgehead atoms. The molecule has 1 saturated heterocycles. The third kappa shape index (κ3) is 2.33. The first kappa shape index (κ1) is 9.68. The molecule has 2 heterocycles. The summed E-state index contributed by atoms with van der Waals surface area (Å²) >= 11 is 0. The number of aryl methyl sites for hydroxylation is 1. The zero-order chi connectivity index (χ0) is 9.80. The number of nitrogens with one attached hydrogen (secondary N) is 1. The van der Waals surface area contributed by atoms with E-state index in [2.05, 4.69) is 10.3 Å². The van der Waals surface area contributed by atoms with Gasteiger partial charge in [-0.05, 0) is 12.8 Å². The summed E-state index contributed by atoms with van der Waals surface area (Å²) in [5.41, 5.74) is 0. The molecule has 14 heavy (non-hydrogen) atoms. The van der Waals surface area contributed by atoms with Gasteiger partial charge in [0.25, 0.3) is 0 Å². The molecule has 1 aromatic rings. The third-order valence-corrected chi connectivity index (χ3v) is 2.69. The highest BCUT2D eigenvalue weighted by Gasteiger charge is 2.13. The van der Waals surface area contributed by atoms with Crippen LogP contribution < -0.4 is 5.32 Å². The van der Waals surface area contributed by atoms with E-state index in [1.54, 1.807) is 0 Å². The van der Waals surface area contributed by atoms with E-state index in [1.165, 1.54) is 0 Å². The summed E-state index contributed by atoms with van der Waals surface area (Å²) < 4.78 is 7.35. The Morgan fingerprint density at radius 2 is 2.36 bits per heavy atom. The molecule has 1 N–H and O–H groups in total. The minimum atomic E-state index is 0.598.